The summed E-state index contributed by atoms with van der Waals surface area (Å²) >= 11 is 0. The van der Waals surface area contributed by atoms with Gasteiger partial charge in [-0.15, -0.1) is 0 Å². The molecule has 0 aliphatic heterocycles. The van der Waals surface area contributed by atoms with Crippen molar-refractivity contribution in [2.24, 2.45) is 4.99 Å². The Morgan fingerprint density at radius 2 is 2.25 bits per heavy atom. The van der Waals surface area contributed by atoms with Crippen molar-refractivity contribution >= 4 is 12.0 Å². The van der Waals surface area contributed by atoms with Crippen LogP contribution in [0.5, 0.6) is 5.75 Å². The predicted molar refractivity (Wildman–Crippen MR) is 66.5 cm³/mol. The van der Waals surface area contributed by atoms with Crippen molar-refractivity contribution < 1.29 is 5.11 Å². The third kappa shape index (κ3) is 3.86. The number of rotatable bonds is 5. The van der Waals surface area contributed by atoms with Crippen LogP contribution in [0, 0.1) is 0 Å². The molecule has 0 saturated heterocycles. The van der Waals surface area contributed by atoms with Gasteiger partial charge in [0.2, 0.25) is 0 Å². The molecule has 2 N–H and O–H groups in total. The first-order chi connectivity index (χ1) is 7.63. The minimum Gasteiger partial charge on any atom is -0.506 e. The van der Waals surface area contributed by atoms with E-state index in [1.165, 1.54) is 6.21 Å². The van der Waals surface area contributed by atoms with Crippen LogP contribution in [0.3, 0.4) is 0 Å². The van der Waals surface area contributed by atoms with Crippen molar-refractivity contribution in [3.05, 3.63) is 17.8 Å². The highest BCUT2D eigenvalue weighted by Crippen LogP contribution is 2.15. The standard InChI is InChI=1S/C11H18N4O/c1-12-8-9-10(16)4-5-11(14-9)13-6-7-15(2)3/h4-5,8,16H,6-7H2,1-3H3,(H,13,14)/b12-8+. The molecule has 0 spiro atoms. The van der Waals surface area contributed by atoms with Crippen LogP contribution in [-0.4, -0.2) is 55.4 Å². The predicted octanol–water partition coefficient (Wildman–Crippen LogP) is 0.809. The van der Waals surface area contributed by atoms with Gasteiger partial charge in [-0.05, 0) is 26.2 Å². The van der Waals surface area contributed by atoms with E-state index in [2.05, 4.69) is 20.2 Å². The molecule has 0 aliphatic rings. The van der Waals surface area contributed by atoms with Crippen LogP contribution in [0.25, 0.3) is 0 Å². The summed E-state index contributed by atoms with van der Waals surface area (Å²) in [5.74, 6) is 0.887. The smallest absolute Gasteiger partial charge is 0.142 e. The molecule has 1 aromatic heterocycles. The number of aliphatic imine (C=N–C) groups is 1. The Kier molecular flexibility index (Phi) is 4.72. The summed E-state index contributed by atoms with van der Waals surface area (Å²) in [6.07, 6.45) is 1.53. The second kappa shape index (κ2) is 6.07. The molecule has 0 unspecified atom stereocenters. The SMILES string of the molecule is C/N=C/c1nc(NCCN(C)C)ccc1O. The van der Waals surface area contributed by atoms with Gasteiger partial charge < -0.3 is 15.3 Å². The lowest BCUT2D eigenvalue weighted by Crippen LogP contribution is -2.21. The molecule has 0 fully saturated rings. The summed E-state index contributed by atoms with van der Waals surface area (Å²) in [6, 6.07) is 3.36. The fourth-order valence-corrected chi connectivity index (χ4v) is 1.19. The number of hydrogen-bond donors (Lipinski definition) is 2. The molecule has 0 saturated carbocycles. The molecule has 1 aromatic rings. The summed E-state index contributed by atoms with van der Waals surface area (Å²) < 4.78 is 0. The topological polar surface area (TPSA) is 60.8 Å². The van der Waals surface area contributed by atoms with Gasteiger partial charge in [-0.2, -0.15) is 0 Å². The van der Waals surface area contributed by atoms with E-state index in [1.54, 1.807) is 19.2 Å². The van der Waals surface area contributed by atoms with Crippen LogP contribution in [-0.2, 0) is 0 Å². The Morgan fingerprint density at radius 1 is 1.50 bits per heavy atom. The van der Waals surface area contributed by atoms with Crippen molar-refractivity contribution in [2.45, 2.75) is 0 Å². The van der Waals surface area contributed by atoms with Gasteiger partial charge in [0, 0.05) is 20.1 Å². The fourth-order valence-electron chi connectivity index (χ4n) is 1.19. The molecule has 1 rings (SSSR count). The number of nitrogens with one attached hydrogen (secondary N) is 1. The molecule has 16 heavy (non-hydrogen) atoms. The highest BCUT2D eigenvalue weighted by molar-refractivity contribution is 5.81. The second-order valence-corrected chi connectivity index (χ2v) is 3.72. The first kappa shape index (κ1) is 12.4. The van der Waals surface area contributed by atoms with Gasteiger partial charge in [-0.25, -0.2) is 4.98 Å². The normalized spacial score (nSPS) is 11.2. The average molecular weight is 222 g/mol. The molecule has 0 aromatic carbocycles. The molecule has 0 atom stereocenters. The molecule has 0 radical (unpaired) electrons. The largest absolute Gasteiger partial charge is 0.506 e. The van der Waals surface area contributed by atoms with Crippen LogP contribution in [0.15, 0.2) is 17.1 Å². The second-order valence-electron chi connectivity index (χ2n) is 3.72. The highest BCUT2D eigenvalue weighted by Gasteiger charge is 2.01. The van der Waals surface area contributed by atoms with Gasteiger partial charge in [0.1, 0.15) is 17.3 Å². The van der Waals surface area contributed by atoms with Gasteiger partial charge in [0.25, 0.3) is 0 Å². The number of hydrogen-bond acceptors (Lipinski definition) is 5. The molecular formula is C11H18N4O. The van der Waals surface area contributed by atoms with E-state index in [0.717, 1.165) is 18.9 Å². The number of aromatic hydroxyl groups is 1. The molecule has 1 heterocycles. The van der Waals surface area contributed by atoms with E-state index in [4.69, 9.17) is 0 Å². The summed E-state index contributed by atoms with van der Waals surface area (Å²) in [7, 11) is 5.68. The zero-order valence-electron chi connectivity index (χ0n) is 9.94. The van der Waals surface area contributed by atoms with E-state index >= 15 is 0 Å². The first-order valence-corrected chi connectivity index (χ1v) is 5.14. The van der Waals surface area contributed by atoms with Crippen molar-refractivity contribution in [3.8, 4) is 5.75 Å². The van der Waals surface area contributed by atoms with Crippen molar-refractivity contribution in [1.29, 1.82) is 0 Å². The summed E-state index contributed by atoms with van der Waals surface area (Å²) in [4.78, 5) is 10.1. The van der Waals surface area contributed by atoms with Gasteiger partial charge in [0.15, 0.2) is 0 Å². The average Bonchev–Trinajstić information content (AvgIpc) is 2.22. The van der Waals surface area contributed by atoms with E-state index in [9.17, 15) is 5.11 Å². The van der Waals surface area contributed by atoms with Gasteiger partial charge in [-0.3, -0.25) is 4.99 Å². The zero-order valence-corrected chi connectivity index (χ0v) is 9.94. The number of aromatic nitrogens is 1. The lowest BCUT2D eigenvalue weighted by atomic mass is 10.3. The Balaban J connectivity index is 2.64. The molecule has 5 nitrogen and oxygen atoms in total. The first-order valence-electron chi connectivity index (χ1n) is 5.14. The Bertz CT molecular complexity index is 363. The van der Waals surface area contributed by atoms with Crippen LogP contribution in [0.2, 0.25) is 0 Å². The van der Waals surface area contributed by atoms with Crippen LogP contribution in [0.4, 0.5) is 5.82 Å². The van der Waals surface area contributed by atoms with Crippen molar-refractivity contribution in [3.63, 3.8) is 0 Å². The molecule has 88 valence electrons. The van der Waals surface area contributed by atoms with E-state index < -0.39 is 0 Å². The Morgan fingerprint density at radius 3 is 2.88 bits per heavy atom. The third-order valence-electron chi connectivity index (χ3n) is 2.02. The maximum atomic E-state index is 9.49. The third-order valence-corrected chi connectivity index (χ3v) is 2.02. The Hall–Kier alpha value is -1.62. The maximum absolute atomic E-state index is 9.49. The molecule has 0 aliphatic carbocycles. The van der Waals surface area contributed by atoms with E-state index in [1.807, 2.05) is 14.1 Å². The highest BCUT2D eigenvalue weighted by atomic mass is 16.3. The molecule has 0 amide bonds. The van der Waals surface area contributed by atoms with Crippen LogP contribution < -0.4 is 5.32 Å². The lowest BCUT2D eigenvalue weighted by molar-refractivity contribution is 0.425. The summed E-state index contributed by atoms with van der Waals surface area (Å²) in [6.45, 7) is 1.74. The fraction of sp³-hybridized carbons (Fsp3) is 0.455. The van der Waals surface area contributed by atoms with Crippen molar-refractivity contribution in [1.82, 2.24) is 9.88 Å². The van der Waals surface area contributed by atoms with Gasteiger partial charge >= 0.3 is 0 Å². The van der Waals surface area contributed by atoms with Crippen LogP contribution in [0.1, 0.15) is 5.69 Å². The zero-order chi connectivity index (χ0) is 12.0. The minimum atomic E-state index is 0.142. The maximum Gasteiger partial charge on any atom is 0.142 e. The number of nitrogens with zero attached hydrogens (tertiary/aromatic N) is 3. The Labute approximate surface area is 95.8 Å². The summed E-state index contributed by atoms with van der Waals surface area (Å²) in [5, 5.41) is 12.7. The van der Waals surface area contributed by atoms with Gasteiger partial charge in [0.05, 0.1) is 6.21 Å². The number of likely N-dealkylation sites (N-methyl/N-ethyl adjacent to an activating group) is 1. The number of anilines is 1. The monoisotopic (exact) mass is 222 g/mol. The molecular weight excluding hydrogens is 204 g/mol. The quantitative estimate of drug-likeness (QED) is 0.724. The van der Waals surface area contributed by atoms with E-state index in [-0.39, 0.29) is 5.75 Å². The number of pyridine rings is 1. The van der Waals surface area contributed by atoms with Crippen LogP contribution >= 0.6 is 0 Å². The van der Waals surface area contributed by atoms with Crippen molar-refractivity contribution in [2.75, 3.05) is 39.5 Å². The summed E-state index contributed by atoms with van der Waals surface area (Å²) in [5.41, 5.74) is 0.484. The molecule has 0 bridgehead atoms. The molecule has 5 heteroatoms. The van der Waals surface area contributed by atoms with E-state index in [0.29, 0.717) is 5.69 Å². The lowest BCUT2D eigenvalue weighted by Gasteiger charge is -2.11. The van der Waals surface area contributed by atoms with Gasteiger partial charge in [-0.1, -0.05) is 0 Å². The minimum absolute atomic E-state index is 0.142.